The van der Waals surface area contributed by atoms with Gasteiger partial charge in [-0.25, -0.2) is 4.39 Å². The highest BCUT2D eigenvalue weighted by Crippen LogP contribution is 2.29. The second-order valence-electron chi connectivity index (χ2n) is 3.76. The van der Waals surface area contributed by atoms with Crippen LogP contribution in [0.5, 0.6) is 11.6 Å². The number of ether oxygens (including phenoxy) is 1. The molecule has 1 aromatic carbocycles. The van der Waals surface area contributed by atoms with Gasteiger partial charge in [-0.1, -0.05) is 11.6 Å². The van der Waals surface area contributed by atoms with Crippen LogP contribution in [0.2, 0.25) is 5.02 Å². The maximum Gasteiger partial charge on any atom is 0.244 e. The topological polar surface area (TPSA) is 46.8 Å². The van der Waals surface area contributed by atoms with Gasteiger partial charge in [0.25, 0.3) is 0 Å². The Balaban J connectivity index is 2.00. The molecule has 0 aliphatic rings. The summed E-state index contributed by atoms with van der Waals surface area (Å²) in [6.07, 6.45) is 1.79. The van der Waals surface area contributed by atoms with E-state index in [4.69, 9.17) is 16.3 Å². The minimum Gasteiger partial charge on any atom is -0.437 e. The molecular weight excluding hydrogens is 291 g/mol. The minimum absolute atomic E-state index is 0.0240. The van der Waals surface area contributed by atoms with Crippen molar-refractivity contribution in [1.29, 1.82) is 0 Å². The molecule has 0 amide bonds. The van der Waals surface area contributed by atoms with Crippen LogP contribution in [0.1, 0.15) is 5.69 Å². The zero-order chi connectivity index (χ0) is 13.4. The van der Waals surface area contributed by atoms with E-state index < -0.39 is 5.82 Å². The van der Waals surface area contributed by atoms with E-state index in [0.717, 1.165) is 0 Å². The van der Waals surface area contributed by atoms with Crippen LogP contribution in [-0.4, -0.2) is 14.5 Å². The number of thiazole rings is 1. The Kier molecular flexibility index (Phi) is 3.14. The zero-order valence-electron chi connectivity index (χ0n) is 9.51. The number of rotatable bonds is 3. The predicted molar refractivity (Wildman–Crippen MR) is 70.5 cm³/mol. The Labute approximate surface area is 116 Å². The number of aliphatic hydroxyl groups is 1. The summed E-state index contributed by atoms with van der Waals surface area (Å²) < 4.78 is 20.3. The normalized spacial score (nSPS) is 11.1. The molecular formula is C12H8ClFN2O2S. The summed E-state index contributed by atoms with van der Waals surface area (Å²) in [5.74, 6) is 0.145. The van der Waals surface area contributed by atoms with E-state index >= 15 is 0 Å². The van der Waals surface area contributed by atoms with Crippen LogP contribution in [0.15, 0.2) is 29.8 Å². The van der Waals surface area contributed by atoms with Crippen LogP contribution in [-0.2, 0) is 6.61 Å². The molecule has 0 radical (unpaired) electrons. The van der Waals surface area contributed by atoms with E-state index in [1.807, 2.05) is 5.38 Å². The Hall–Kier alpha value is -1.63. The number of nitrogens with zero attached hydrogens (tertiary/aromatic N) is 2. The van der Waals surface area contributed by atoms with Crippen LogP contribution in [0.25, 0.3) is 4.96 Å². The smallest absolute Gasteiger partial charge is 0.244 e. The third-order valence-corrected chi connectivity index (χ3v) is 3.63. The van der Waals surface area contributed by atoms with Gasteiger partial charge >= 0.3 is 0 Å². The lowest BCUT2D eigenvalue weighted by atomic mass is 10.3. The Morgan fingerprint density at radius 1 is 1.47 bits per heavy atom. The van der Waals surface area contributed by atoms with Gasteiger partial charge in [0.1, 0.15) is 17.3 Å². The molecule has 1 N–H and O–H groups in total. The van der Waals surface area contributed by atoms with Crippen molar-refractivity contribution in [3.63, 3.8) is 0 Å². The Morgan fingerprint density at radius 2 is 2.32 bits per heavy atom. The fourth-order valence-electron chi connectivity index (χ4n) is 1.69. The summed E-state index contributed by atoms with van der Waals surface area (Å²) in [6.45, 7) is -0.206. The molecule has 0 saturated carbocycles. The highest BCUT2D eigenvalue weighted by molar-refractivity contribution is 7.15. The van der Waals surface area contributed by atoms with E-state index in [1.165, 1.54) is 29.5 Å². The maximum atomic E-state index is 13.1. The Morgan fingerprint density at radius 3 is 3.05 bits per heavy atom. The molecule has 2 aromatic heterocycles. The van der Waals surface area contributed by atoms with Crippen molar-refractivity contribution in [3.8, 4) is 11.6 Å². The van der Waals surface area contributed by atoms with Crippen molar-refractivity contribution in [3.05, 3.63) is 46.3 Å². The predicted octanol–water partition coefficient (Wildman–Crippen LogP) is 3.47. The van der Waals surface area contributed by atoms with Crippen molar-refractivity contribution < 1.29 is 14.2 Å². The average molecular weight is 299 g/mol. The SMILES string of the molecule is OCc1c(Oc2ccc(F)c(Cl)c2)nc2sccn12. The molecule has 0 aliphatic carbocycles. The highest BCUT2D eigenvalue weighted by Gasteiger charge is 2.14. The molecule has 0 spiro atoms. The number of aromatic nitrogens is 2. The van der Waals surface area contributed by atoms with E-state index in [2.05, 4.69) is 4.98 Å². The third kappa shape index (κ3) is 2.18. The molecule has 3 rings (SSSR count). The first-order chi connectivity index (χ1) is 9.19. The first kappa shape index (κ1) is 12.4. The molecule has 0 aliphatic heterocycles. The van der Waals surface area contributed by atoms with Crippen LogP contribution in [0.4, 0.5) is 4.39 Å². The molecule has 0 unspecified atom stereocenters. The van der Waals surface area contributed by atoms with Crippen molar-refractivity contribution >= 4 is 27.9 Å². The number of aliphatic hydroxyl groups excluding tert-OH is 1. The lowest BCUT2D eigenvalue weighted by Crippen LogP contribution is -1.93. The molecule has 0 atom stereocenters. The van der Waals surface area contributed by atoms with Gasteiger partial charge in [-0.05, 0) is 12.1 Å². The fourth-order valence-corrected chi connectivity index (χ4v) is 2.59. The molecule has 3 aromatic rings. The molecule has 98 valence electrons. The van der Waals surface area contributed by atoms with Crippen LogP contribution in [0.3, 0.4) is 0 Å². The van der Waals surface area contributed by atoms with Crippen LogP contribution in [0, 0.1) is 5.82 Å². The molecule has 19 heavy (non-hydrogen) atoms. The standard InChI is InChI=1S/C12H8ClFN2O2S/c13-8-5-7(1-2-9(8)14)18-11-10(6-17)16-3-4-19-12(16)15-11/h1-5,17H,6H2. The summed E-state index contributed by atoms with van der Waals surface area (Å²) in [6, 6.07) is 4.04. The quantitative estimate of drug-likeness (QED) is 0.805. The number of benzene rings is 1. The van der Waals surface area contributed by atoms with E-state index in [0.29, 0.717) is 16.4 Å². The van der Waals surface area contributed by atoms with Gasteiger partial charge < -0.3 is 9.84 Å². The highest BCUT2D eigenvalue weighted by atomic mass is 35.5. The number of hydrogen-bond acceptors (Lipinski definition) is 4. The monoisotopic (exact) mass is 298 g/mol. The molecule has 7 heteroatoms. The molecule has 2 heterocycles. The van der Waals surface area contributed by atoms with Crippen molar-refractivity contribution in [2.75, 3.05) is 0 Å². The lowest BCUT2D eigenvalue weighted by molar-refractivity contribution is 0.270. The van der Waals surface area contributed by atoms with Gasteiger partial charge in [-0.15, -0.1) is 11.3 Å². The number of imidazole rings is 1. The van der Waals surface area contributed by atoms with Crippen LogP contribution >= 0.6 is 22.9 Å². The number of halogens is 2. The second-order valence-corrected chi connectivity index (χ2v) is 5.04. The van der Waals surface area contributed by atoms with Crippen molar-refractivity contribution in [2.24, 2.45) is 0 Å². The van der Waals surface area contributed by atoms with Gasteiger partial charge in [-0.2, -0.15) is 4.98 Å². The third-order valence-electron chi connectivity index (χ3n) is 2.58. The number of hydrogen-bond donors (Lipinski definition) is 1. The van der Waals surface area contributed by atoms with Gasteiger partial charge in [0.05, 0.1) is 11.6 Å². The van der Waals surface area contributed by atoms with E-state index in [-0.39, 0.29) is 17.5 Å². The summed E-state index contributed by atoms with van der Waals surface area (Å²) >= 11 is 7.11. The molecule has 0 saturated heterocycles. The summed E-state index contributed by atoms with van der Waals surface area (Å²) in [5.41, 5.74) is 0.539. The molecule has 4 nitrogen and oxygen atoms in total. The van der Waals surface area contributed by atoms with Gasteiger partial charge in [0, 0.05) is 17.6 Å². The summed E-state index contributed by atoms with van der Waals surface area (Å²) in [4.78, 5) is 4.97. The average Bonchev–Trinajstić information content (AvgIpc) is 2.94. The largest absolute Gasteiger partial charge is 0.437 e. The fraction of sp³-hybridized carbons (Fsp3) is 0.0833. The van der Waals surface area contributed by atoms with Crippen LogP contribution < -0.4 is 4.74 Å². The first-order valence-corrected chi connectivity index (χ1v) is 6.63. The maximum absolute atomic E-state index is 13.1. The minimum atomic E-state index is -0.512. The zero-order valence-corrected chi connectivity index (χ0v) is 11.1. The Bertz CT molecular complexity index is 740. The van der Waals surface area contributed by atoms with Crippen molar-refractivity contribution in [1.82, 2.24) is 9.38 Å². The van der Waals surface area contributed by atoms with Gasteiger partial charge in [0.15, 0.2) is 4.96 Å². The molecule has 0 bridgehead atoms. The summed E-state index contributed by atoms with van der Waals surface area (Å²) in [7, 11) is 0. The molecule has 0 fully saturated rings. The van der Waals surface area contributed by atoms with E-state index in [1.54, 1.807) is 10.6 Å². The van der Waals surface area contributed by atoms with Gasteiger partial charge in [0.2, 0.25) is 5.88 Å². The van der Waals surface area contributed by atoms with Crippen molar-refractivity contribution in [2.45, 2.75) is 6.61 Å². The number of fused-ring (bicyclic) bond motifs is 1. The first-order valence-electron chi connectivity index (χ1n) is 5.37. The lowest BCUT2D eigenvalue weighted by Gasteiger charge is -2.05. The van der Waals surface area contributed by atoms with E-state index in [9.17, 15) is 9.50 Å². The van der Waals surface area contributed by atoms with Gasteiger partial charge in [-0.3, -0.25) is 4.40 Å². The summed E-state index contributed by atoms with van der Waals surface area (Å²) in [5, 5.41) is 11.2. The second kappa shape index (κ2) is 4.80.